The van der Waals surface area contributed by atoms with Crippen LogP contribution in [-0.4, -0.2) is 47.1 Å². The number of fused-ring (bicyclic) bond motifs is 1. The molecule has 1 amide bonds. The molecule has 112 valence electrons. The molecule has 0 spiro atoms. The van der Waals surface area contributed by atoms with Gasteiger partial charge in [0.25, 0.3) is 0 Å². The first-order valence-corrected chi connectivity index (χ1v) is 7.49. The summed E-state index contributed by atoms with van der Waals surface area (Å²) in [4.78, 5) is 25.4. The van der Waals surface area contributed by atoms with Crippen LogP contribution in [0.15, 0.2) is 24.3 Å². The van der Waals surface area contributed by atoms with Gasteiger partial charge >= 0.3 is 5.97 Å². The van der Waals surface area contributed by atoms with Crippen molar-refractivity contribution in [3.8, 4) is 0 Å². The van der Waals surface area contributed by atoms with E-state index < -0.39 is 12.0 Å². The highest BCUT2D eigenvalue weighted by Crippen LogP contribution is 2.19. The predicted octanol–water partition coefficient (Wildman–Crippen LogP) is 0.819. The molecule has 5 nitrogen and oxygen atoms in total. The van der Waals surface area contributed by atoms with E-state index >= 15 is 0 Å². The molecule has 0 aliphatic carbocycles. The summed E-state index contributed by atoms with van der Waals surface area (Å²) < 4.78 is 0. The third kappa shape index (κ3) is 2.93. The maximum absolute atomic E-state index is 12.5. The normalized spacial score (nSPS) is 25.2. The molecule has 2 aliphatic heterocycles. The molecular formula is C16H20N2O3. The van der Waals surface area contributed by atoms with Gasteiger partial charge in [-0.1, -0.05) is 24.3 Å². The molecular weight excluding hydrogens is 268 g/mol. The van der Waals surface area contributed by atoms with Gasteiger partial charge in [0.05, 0.1) is 6.04 Å². The van der Waals surface area contributed by atoms with Gasteiger partial charge in [-0.15, -0.1) is 0 Å². The van der Waals surface area contributed by atoms with Gasteiger partial charge in [-0.05, 0) is 36.8 Å². The van der Waals surface area contributed by atoms with E-state index in [9.17, 15) is 9.59 Å². The van der Waals surface area contributed by atoms with Crippen molar-refractivity contribution >= 4 is 11.9 Å². The summed E-state index contributed by atoms with van der Waals surface area (Å²) in [6, 6.07) is 7.39. The van der Waals surface area contributed by atoms with Gasteiger partial charge in [0.15, 0.2) is 0 Å². The number of benzene rings is 1. The minimum absolute atomic E-state index is 0.0477. The van der Waals surface area contributed by atoms with E-state index in [1.165, 1.54) is 11.1 Å². The highest BCUT2D eigenvalue weighted by Gasteiger charge is 2.35. The number of hydrogen-bond acceptors (Lipinski definition) is 3. The summed E-state index contributed by atoms with van der Waals surface area (Å²) in [5.74, 6) is -0.819. The molecule has 0 aromatic heterocycles. The minimum atomic E-state index is -0.867. The van der Waals surface area contributed by atoms with E-state index in [-0.39, 0.29) is 11.9 Å². The van der Waals surface area contributed by atoms with Crippen LogP contribution in [0, 0.1) is 0 Å². The number of rotatable bonds is 2. The number of carbonyl (C=O) groups is 2. The van der Waals surface area contributed by atoms with E-state index in [1.54, 1.807) is 0 Å². The van der Waals surface area contributed by atoms with Gasteiger partial charge in [-0.2, -0.15) is 0 Å². The SMILES string of the molecule is O=C(O)[C@@H]1CC[C@H](C(=O)N2CCc3ccccc3CC2)N1. The molecule has 2 heterocycles. The molecule has 0 unspecified atom stereocenters. The van der Waals surface area contributed by atoms with E-state index in [1.807, 2.05) is 17.0 Å². The fraction of sp³-hybridized carbons (Fsp3) is 0.500. The topological polar surface area (TPSA) is 69.6 Å². The average Bonchev–Trinajstić information content (AvgIpc) is 2.88. The Hall–Kier alpha value is -1.88. The zero-order valence-corrected chi connectivity index (χ0v) is 11.9. The van der Waals surface area contributed by atoms with Gasteiger partial charge in [0.2, 0.25) is 5.91 Å². The second-order valence-electron chi connectivity index (χ2n) is 5.78. The molecule has 2 aliphatic rings. The van der Waals surface area contributed by atoms with Crippen LogP contribution >= 0.6 is 0 Å². The van der Waals surface area contributed by atoms with Crippen LogP contribution in [0.2, 0.25) is 0 Å². The number of carbonyl (C=O) groups excluding carboxylic acids is 1. The first kappa shape index (κ1) is 14.1. The van der Waals surface area contributed by atoms with Crippen molar-refractivity contribution in [2.24, 2.45) is 0 Å². The van der Waals surface area contributed by atoms with Crippen molar-refractivity contribution in [2.45, 2.75) is 37.8 Å². The van der Waals surface area contributed by atoms with Crippen molar-refractivity contribution < 1.29 is 14.7 Å². The van der Waals surface area contributed by atoms with E-state index in [0.29, 0.717) is 25.9 Å². The number of aliphatic carboxylic acids is 1. The lowest BCUT2D eigenvalue weighted by Crippen LogP contribution is -2.47. The Bertz CT molecular complexity index is 531. The quantitative estimate of drug-likeness (QED) is 0.845. The zero-order valence-electron chi connectivity index (χ0n) is 11.9. The second-order valence-corrected chi connectivity index (χ2v) is 5.78. The number of amides is 1. The highest BCUT2D eigenvalue weighted by atomic mass is 16.4. The minimum Gasteiger partial charge on any atom is -0.480 e. The van der Waals surface area contributed by atoms with Crippen LogP contribution in [-0.2, 0) is 22.4 Å². The van der Waals surface area contributed by atoms with Crippen LogP contribution in [0.5, 0.6) is 0 Å². The van der Waals surface area contributed by atoms with Gasteiger partial charge in [0, 0.05) is 13.1 Å². The first-order valence-electron chi connectivity index (χ1n) is 7.49. The molecule has 1 fully saturated rings. The Kier molecular flexibility index (Phi) is 3.92. The summed E-state index contributed by atoms with van der Waals surface area (Å²) in [6.45, 7) is 1.43. The van der Waals surface area contributed by atoms with E-state index in [4.69, 9.17) is 5.11 Å². The van der Waals surface area contributed by atoms with Crippen molar-refractivity contribution in [1.29, 1.82) is 0 Å². The molecule has 2 atom stereocenters. The third-order valence-electron chi connectivity index (χ3n) is 4.47. The molecule has 0 radical (unpaired) electrons. The molecule has 2 N–H and O–H groups in total. The fourth-order valence-electron chi connectivity index (χ4n) is 3.24. The number of nitrogens with one attached hydrogen (secondary N) is 1. The Balaban J connectivity index is 1.64. The summed E-state index contributed by atoms with van der Waals surface area (Å²) >= 11 is 0. The zero-order chi connectivity index (χ0) is 14.8. The van der Waals surface area contributed by atoms with Crippen LogP contribution in [0.25, 0.3) is 0 Å². The Morgan fingerprint density at radius 1 is 1.05 bits per heavy atom. The first-order chi connectivity index (χ1) is 10.1. The van der Waals surface area contributed by atoms with Crippen molar-refractivity contribution in [3.63, 3.8) is 0 Å². The van der Waals surface area contributed by atoms with Gasteiger partial charge in [-0.25, -0.2) is 0 Å². The maximum Gasteiger partial charge on any atom is 0.320 e. The van der Waals surface area contributed by atoms with Crippen LogP contribution < -0.4 is 5.32 Å². The molecule has 1 aromatic carbocycles. The Labute approximate surface area is 123 Å². The molecule has 0 saturated carbocycles. The lowest BCUT2D eigenvalue weighted by atomic mass is 10.0. The monoisotopic (exact) mass is 288 g/mol. The lowest BCUT2D eigenvalue weighted by molar-refractivity contribution is -0.139. The van der Waals surface area contributed by atoms with Gasteiger partial charge in [0.1, 0.15) is 6.04 Å². The molecule has 1 aromatic rings. The van der Waals surface area contributed by atoms with Gasteiger partial charge < -0.3 is 10.0 Å². The number of carboxylic acids is 1. The smallest absolute Gasteiger partial charge is 0.320 e. The summed E-state index contributed by atoms with van der Waals surface area (Å²) in [6.07, 6.45) is 2.88. The largest absolute Gasteiger partial charge is 0.480 e. The van der Waals surface area contributed by atoms with Crippen LogP contribution in [0.4, 0.5) is 0 Å². The molecule has 0 bridgehead atoms. The standard InChI is InChI=1S/C16H20N2O3/c19-15(13-5-6-14(17-13)16(20)21)18-9-7-11-3-1-2-4-12(11)8-10-18/h1-4,13-14,17H,5-10H2,(H,20,21)/t13-,14+/m1/s1. The number of hydrogen-bond donors (Lipinski definition) is 2. The van der Waals surface area contributed by atoms with Gasteiger partial charge in [-0.3, -0.25) is 14.9 Å². The van der Waals surface area contributed by atoms with E-state index in [0.717, 1.165) is 12.8 Å². The Morgan fingerprint density at radius 2 is 1.62 bits per heavy atom. The maximum atomic E-state index is 12.5. The number of nitrogens with zero attached hydrogens (tertiary/aromatic N) is 1. The Morgan fingerprint density at radius 3 is 2.14 bits per heavy atom. The summed E-state index contributed by atoms with van der Waals surface area (Å²) in [5, 5.41) is 11.9. The van der Waals surface area contributed by atoms with Crippen molar-refractivity contribution in [1.82, 2.24) is 10.2 Å². The van der Waals surface area contributed by atoms with Crippen LogP contribution in [0.1, 0.15) is 24.0 Å². The second kappa shape index (κ2) is 5.85. The fourth-order valence-corrected chi connectivity index (χ4v) is 3.24. The van der Waals surface area contributed by atoms with Crippen LogP contribution in [0.3, 0.4) is 0 Å². The molecule has 21 heavy (non-hydrogen) atoms. The van der Waals surface area contributed by atoms with E-state index in [2.05, 4.69) is 17.4 Å². The van der Waals surface area contributed by atoms with Crippen molar-refractivity contribution in [2.75, 3.05) is 13.1 Å². The summed E-state index contributed by atoms with van der Waals surface area (Å²) in [7, 11) is 0. The predicted molar refractivity (Wildman–Crippen MR) is 78.0 cm³/mol. The highest BCUT2D eigenvalue weighted by molar-refractivity contribution is 5.84. The lowest BCUT2D eigenvalue weighted by Gasteiger charge is -2.24. The molecule has 3 rings (SSSR count). The average molecular weight is 288 g/mol. The molecule has 1 saturated heterocycles. The molecule has 5 heteroatoms. The summed E-state index contributed by atoms with van der Waals surface area (Å²) in [5.41, 5.74) is 2.63. The number of carboxylic acid groups (broad SMARTS) is 1. The third-order valence-corrected chi connectivity index (χ3v) is 4.47. The van der Waals surface area contributed by atoms with Crippen molar-refractivity contribution in [3.05, 3.63) is 35.4 Å².